The predicted octanol–water partition coefficient (Wildman–Crippen LogP) is 3.40. The molecule has 0 aliphatic rings. The van der Waals surface area contributed by atoms with E-state index in [1.54, 1.807) is 0 Å². The van der Waals surface area contributed by atoms with E-state index in [9.17, 15) is 6.37 Å². The van der Waals surface area contributed by atoms with Crippen molar-refractivity contribution in [1.82, 2.24) is 0 Å². The molecule has 0 aromatic carbocycles. The second-order valence-electron chi connectivity index (χ2n) is 5.82. The van der Waals surface area contributed by atoms with E-state index in [2.05, 4.69) is 41.5 Å². The molecule has 0 aromatic rings. The number of hydrogen-bond acceptors (Lipinski definition) is 4. The summed E-state index contributed by atoms with van der Waals surface area (Å²) in [7, 11) is -2.24. The fourth-order valence-corrected chi connectivity index (χ4v) is 18.3. The second kappa shape index (κ2) is 7.65. The molecule has 18 heavy (non-hydrogen) atoms. The predicted molar refractivity (Wildman–Crippen MR) is 72.8 cm³/mol. The van der Waals surface area contributed by atoms with Crippen LogP contribution in [-0.4, -0.2) is 21.3 Å². The quantitative estimate of drug-likeness (QED) is 0.654. The van der Waals surface area contributed by atoms with E-state index >= 15 is 0 Å². The average molecular weight is 358 g/mol. The van der Waals surface area contributed by atoms with Crippen LogP contribution in [0.3, 0.4) is 0 Å². The first-order valence-corrected chi connectivity index (χ1v) is 13.2. The van der Waals surface area contributed by atoms with Gasteiger partial charge in [0.05, 0.1) is 0 Å². The van der Waals surface area contributed by atoms with Crippen molar-refractivity contribution in [2.45, 2.75) is 71.5 Å². The van der Waals surface area contributed by atoms with Crippen molar-refractivity contribution in [3.63, 3.8) is 0 Å². The van der Waals surface area contributed by atoms with Crippen molar-refractivity contribution >= 4 is 8.32 Å². The summed E-state index contributed by atoms with van der Waals surface area (Å²) in [5.74, 6) is 0. The summed E-state index contributed by atoms with van der Waals surface area (Å²) in [6, 6.07) is 0. The van der Waals surface area contributed by atoms with E-state index in [-0.39, 0.29) is 0 Å². The normalized spacial score (nSPS) is 14.0. The van der Waals surface area contributed by atoms with Gasteiger partial charge in [-0.2, -0.15) is 0 Å². The van der Waals surface area contributed by atoms with Crippen LogP contribution >= 0.6 is 0 Å². The SMILES string of the molecule is CCC[O][Zr]([OH])([OH])[O][Si](C(C)C)(C(C)C)C(C)C. The van der Waals surface area contributed by atoms with Crippen molar-refractivity contribution in [2.24, 2.45) is 0 Å². The average Bonchev–Trinajstić information content (AvgIpc) is 2.21. The van der Waals surface area contributed by atoms with Crippen molar-refractivity contribution in [3.8, 4) is 0 Å². The van der Waals surface area contributed by atoms with Gasteiger partial charge in [0.1, 0.15) is 0 Å². The molecule has 0 spiro atoms. The Hall–Kier alpha value is 0.940. The molecule has 0 saturated heterocycles. The van der Waals surface area contributed by atoms with Gasteiger partial charge >= 0.3 is 120 Å². The molecule has 0 aliphatic carbocycles. The van der Waals surface area contributed by atoms with Gasteiger partial charge < -0.3 is 0 Å². The van der Waals surface area contributed by atoms with Gasteiger partial charge in [-0.25, -0.2) is 0 Å². The summed E-state index contributed by atoms with van der Waals surface area (Å²) in [4.78, 5) is 0. The van der Waals surface area contributed by atoms with Gasteiger partial charge in [-0.15, -0.1) is 0 Å². The van der Waals surface area contributed by atoms with Crippen molar-refractivity contribution in [1.29, 1.82) is 0 Å². The molecule has 0 rings (SSSR count). The molecule has 110 valence electrons. The van der Waals surface area contributed by atoms with Crippen LogP contribution in [0.15, 0.2) is 0 Å². The molecule has 0 amide bonds. The fourth-order valence-electron chi connectivity index (χ4n) is 2.85. The van der Waals surface area contributed by atoms with Crippen LogP contribution in [0.1, 0.15) is 54.9 Å². The molecule has 0 aliphatic heterocycles. The minimum atomic E-state index is -4.77. The Labute approximate surface area is 120 Å². The van der Waals surface area contributed by atoms with Crippen LogP contribution in [-0.2, 0) is 27.3 Å². The standard InChI is InChI=1S/C9H21OSi.C3H7O.2H2O.Zr/c1-7(2)11(10,8(3)4)9(5)6;1-2-3-4;;;/h7-9H,1-6H3;2-3H2,1H3;2*1H2;/q2*-1;;;+4/p-2. The van der Waals surface area contributed by atoms with E-state index in [0.29, 0.717) is 23.2 Å². The third kappa shape index (κ3) is 4.80. The molecule has 0 aromatic heterocycles. The number of rotatable bonds is 8. The van der Waals surface area contributed by atoms with Gasteiger partial charge in [0.15, 0.2) is 0 Å². The topological polar surface area (TPSA) is 58.9 Å². The van der Waals surface area contributed by atoms with E-state index < -0.39 is 30.3 Å². The first-order chi connectivity index (χ1) is 8.10. The summed E-state index contributed by atoms with van der Waals surface area (Å²) in [6.45, 7) is 15.0. The molecule has 0 fully saturated rings. The van der Waals surface area contributed by atoms with Crippen molar-refractivity contribution in [3.05, 3.63) is 0 Å². The monoisotopic (exact) mass is 356 g/mol. The van der Waals surface area contributed by atoms with Gasteiger partial charge in [0.25, 0.3) is 0 Å². The van der Waals surface area contributed by atoms with Crippen LogP contribution in [0, 0.1) is 0 Å². The summed E-state index contributed by atoms with van der Waals surface area (Å²) >= 11 is -4.77. The summed E-state index contributed by atoms with van der Waals surface area (Å²) in [5, 5.41) is 0. The molecular weight excluding hydrogens is 327 g/mol. The van der Waals surface area contributed by atoms with Crippen LogP contribution in [0.5, 0.6) is 0 Å². The Morgan fingerprint density at radius 3 is 1.61 bits per heavy atom. The zero-order valence-electron chi connectivity index (χ0n) is 12.9. The molecule has 0 radical (unpaired) electrons. The Morgan fingerprint density at radius 1 is 0.944 bits per heavy atom. The molecular formula is C12H30O4SiZr. The molecule has 0 saturated carbocycles. The van der Waals surface area contributed by atoms with E-state index in [4.69, 9.17) is 5.32 Å². The third-order valence-electron chi connectivity index (χ3n) is 3.51. The molecule has 4 nitrogen and oxygen atoms in total. The summed E-state index contributed by atoms with van der Waals surface area (Å²) in [6.07, 6.45) is 0.767. The molecule has 0 unspecified atom stereocenters. The van der Waals surface area contributed by atoms with Crippen molar-refractivity contribution < 1.29 is 33.7 Å². The van der Waals surface area contributed by atoms with Crippen LogP contribution in [0.2, 0.25) is 16.6 Å². The zero-order valence-corrected chi connectivity index (χ0v) is 16.3. The Kier molecular flexibility index (Phi) is 8.05. The molecule has 0 atom stereocenters. The Bertz CT molecular complexity index is 222. The molecule has 0 heterocycles. The van der Waals surface area contributed by atoms with Gasteiger partial charge in [-0.1, -0.05) is 0 Å². The van der Waals surface area contributed by atoms with Gasteiger partial charge in [0.2, 0.25) is 0 Å². The fraction of sp³-hybridized carbons (Fsp3) is 1.00. The van der Waals surface area contributed by atoms with Gasteiger partial charge in [-0.3, -0.25) is 0 Å². The van der Waals surface area contributed by atoms with Gasteiger partial charge in [-0.05, 0) is 0 Å². The van der Waals surface area contributed by atoms with Gasteiger partial charge in [0, 0.05) is 0 Å². The Balaban J connectivity index is 5.10. The summed E-state index contributed by atoms with van der Waals surface area (Å²) in [5.41, 5.74) is 0.995. The van der Waals surface area contributed by atoms with E-state index in [1.807, 2.05) is 6.92 Å². The third-order valence-corrected chi connectivity index (χ3v) is 15.5. The van der Waals surface area contributed by atoms with Crippen molar-refractivity contribution in [2.75, 3.05) is 6.61 Å². The van der Waals surface area contributed by atoms with E-state index in [0.717, 1.165) is 6.42 Å². The maximum absolute atomic E-state index is 10.1. The minimum absolute atomic E-state index is 0.332. The summed E-state index contributed by atoms with van der Waals surface area (Å²) < 4.78 is 31.3. The molecule has 0 bridgehead atoms. The molecule has 6 heteroatoms. The zero-order chi connectivity index (χ0) is 14.6. The first kappa shape index (κ1) is 18.9. The Morgan fingerprint density at radius 2 is 1.33 bits per heavy atom. The van der Waals surface area contributed by atoms with Crippen LogP contribution in [0.25, 0.3) is 0 Å². The maximum atomic E-state index is 10.1. The number of hydrogen-bond donors (Lipinski definition) is 2. The molecule has 2 N–H and O–H groups in total. The first-order valence-electron chi connectivity index (χ1n) is 6.89. The van der Waals surface area contributed by atoms with Crippen LogP contribution in [0.4, 0.5) is 0 Å². The van der Waals surface area contributed by atoms with Crippen LogP contribution < -0.4 is 0 Å². The van der Waals surface area contributed by atoms with E-state index in [1.165, 1.54) is 0 Å². The second-order valence-corrected chi connectivity index (χ2v) is 16.1.